The maximum atomic E-state index is 13.6. The van der Waals surface area contributed by atoms with Gasteiger partial charge in [0, 0.05) is 30.2 Å². The van der Waals surface area contributed by atoms with Crippen molar-refractivity contribution in [2.45, 2.75) is 70.1 Å². The number of fused-ring (bicyclic) bond motifs is 1. The number of nitrogens with one attached hydrogen (secondary N) is 3. The highest BCUT2D eigenvalue weighted by molar-refractivity contribution is 5.95. The molecule has 1 aliphatic heterocycles. The second-order valence-corrected chi connectivity index (χ2v) is 10.4. The van der Waals surface area contributed by atoms with Gasteiger partial charge in [0.15, 0.2) is 5.96 Å². The summed E-state index contributed by atoms with van der Waals surface area (Å²) in [5.74, 6) is -2.98. The summed E-state index contributed by atoms with van der Waals surface area (Å²) in [7, 11) is 0. The second kappa shape index (κ2) is 13.8. The fourth-order valence-electron chi connectivity index (χ4n) is 4.91. The van der Waals surface area contributed by atoms with Gasteiger partial charge in [-0.25, -0.2) is 4.79 Å². The topological polar surface area (TPSA) is 222 Å². The van der Waals surface area contributed by atoms with Gasteiger partial charge < -0.3 is 42.8 Å². The number of H-pyrrole nitrogens is 1. The molecule has 3 amide bonds. The van der Waals surface area contributed by atoms with E-state index in [1.54, 1.807) is 13.8 Å². The van der Waals surface area contributed by atoms with Crippen LogP contribution in [0.3, 0.4) is 0 Å². The number of rotatable bonds is 13. The Morgan fingerprint density at radius 2 is 1.90 bits per heavy atom. The Hall–Kier alpha value is -4.13. The fraction of sp³-hybridized carbons (Fsp3) is 0.519. The van der Waals surface area contributed by atoms with E-state index in [9.17, 15) is 24.3 Å². The SMILES string of the molecule is CC(C)C(NC(=O)C(N)Cc1c[nH]c2ccccc12)C(=O)N1CCCC1C(=O)NC(CCCN=C(N)N)C(=O)O. The predicted octanol–water partition coefficient (Wildman–Crippen LogP) is -0.207. The van der Waals surface area contributed by atoms with Gasteiger partial charge in [0.1, 0.15) is 18.1 Å². The van der Waals surface area contributed by atoms with E-state index in [-0.39, 0.29) is 31.3 Å². The molecule has 13 nitrogen and oxygen atoms in total. The minimum Gasteiger partial charge on any atom is -0.480 e. The average Bonchev–Trinajstić information content (AvgIpc) is 3.56. The van der Waals surface area contributed by atoms with Crippen LogP contribution in [0.1, 0.15) is 45.1 Å². The van der Waals surface area contributed by atoms with Crippen molar-refractivity contribution in [3.05, 3.63) is 36.0 Å². The highest BCUT2D eigenvalue weighted by Gasteiger charge is 2.40. The smallest absolute Gasteiger partial charge is 0.326 e. The summed E-state index contributed by atoms with van der Waals surface area (Å²) in [5.41, 5.74) is 18.6. The summed E-state index contributed by atoms with van der Waals surface area (Å²) in [6, 6.07) is 3.93. The first kappa shape index (κ1) is 30.4. The van der Waals surface area contributed by atoms with Crippen molar-refractivity contribution in [1.29, 1.82) is 0 Å². The van der Waals surface area contributed by atoms with Crippen LogP contribution in [-0.2, 0) is 25.6 Å². The monoisotopic (exact) mass is 556 g/mol. The molecule has 0 saturated carbocycles. The molecule has 4 atom stereocenters. The van der Waals surface area contributed by atoms with Crippen LogP contribution in [0.2, 0.25) is 0 Å². The standard InChI is InChI=1S/C27H40N8O5/c1-15(2)22(34-23(36)18(28)13-16-14-32-19-8-4-3-7-17(16)19)25(38)35-12-6-10-21(35)24(37)33-20(26(39)40)9-5-11-31-27(29)30/h3-4,7-8,14-15,18,20-22,32H,5-6,9-13,28H2,1-2H3,(H,33,37)(H,34,36)(H,39,40)(H4,29,30,31). The number of carbonyl (C=O) groups excluding carboxylic acids is 3. The first-order chi connectivity index (χ1) is 19.0. The normalized spacial score (nSPS) is 17.3. The van der Waals surface area contributed by atoms with Crippen LogP contribution in [0, 0.1) is 5.92 Å². The molecule has 4 unspecified atom stereocenters. The van der Waals surface area contributed by atoms with Gasteiger partial charge in [0.2, 0.25) is 17.7 Å². The number of nitrogens with zero attached hydrogens (tertiary/aromatic N) is 2. The van der Waals surface area contributed by atoms with Gasteiger partial charge in [-0.15, -0.1) is 0 Å². The molecule has 1 aromatic heterocycles. The molecule has 2 aromatic rings. The summed E-state index contributed by atoms with van der Waals surface area (Å²) < 4.78 is 0. The molecule has 1 fully saturated rings. The van der Waals surface area contributed by atoms with Gasteiger partial charge in [-0.2, -0.15) is 0 Å². The lowest BCUT2D eigenvalue weighted by Crippen LogP contribution is -2.58. The zero-order valence-electron chi connectivity index (χ0n) is 22.9. The van der Waals surface area contributed by atoms with Crippen molar-refractivity contribution < 1.29 is 24.3 Å². The molecule has 10 N–H and O–H groups in total. The molecule has 0 bridgehead atoms. The third-order valence-corrected chi connectivity index (χ3v) is 7.08. The van der Waals surface area contributed by atoms with Gasteiger partial charge in [-0.05, 0) is 49.7 Å². The Bertz CT molecular complexity index is 1240. The number of para-hydroxylation sites is 1. The maximum absolute atomic E-state index is 13.6. The number of aromatic nitrogens is 1. The highest BCUT2D eigenvalue weighted by atomic mass is 16.4. The first-order valence-electron chi connectivity index (χ1n) is 13.5. The lowest BCUT2D eigenvalue weighted by Gasteiger charge is -2.31. The molecule has 0 radical (unpaired) electrons. The van der Waals surface area contributed by atoms with Gasteiger partial charge in [0.05, 0.1) is 6.04 Å². The molecule has 0 aliphatic carbocycles. The molecule has 2 heterocycles. The predicted molar refractivity (Wildman–Crippen MR) is 151 cm³/mol. The number of amides is 3. The third-order valence-electron chi connectivity index (χ3n) is 7.08. The molecule has 3 rings (SSSR count). The quantitative estimate of drug-likeness (QED) is 0.0991. The summed E-state index contributed by atoms with van der Waals surface area (Å²) in [4.78, 5) is 59.8. The van der Waals surface area contributed by atoms with E-state index in [2.05, 4.69) is 20.6 Å². The van der Waals surface area contributed by atoms with Crippen LogP contribution < -0.4 is 27.8 Å². The first-order valence-corrected chi connectivity index (χ1v) is 13.5. The van der Waals surface area contributed by atoms with Crippen LogP contribution in [0.15, 0.2) is 35.5 Å². The van der Waals surface area contributed by atoms with Crippen molar-refractivity contribution in [2.75, 3.05) is 13.1 Å². The molecule has 218 valence electrons. The molecule has 1 aliphatic rings. The third kappa shape index (κ3) is 7.72. The second-order valence-electron chi connectivity index (χ2n) is 10.4. The Kier molecular flexibility index (Phi) is 10.5. The van der Waals surface area contributed by atoms with Crippen LogP contribution in [0.4, 0.5) is 0 Å². The lowest BCUT2D eigenvalue weighted by molar-refractivity contribution is -0.145. The van der Waals surface area contributed by atoms with Gasteiger partial charge in [-0.3, -0.25) is 19.4 Å². The lowest BCUT2D eigenvalue weighted by atomic mass is 10.00. The van der Waals surface area contributed by atoms with Crippen LogP contribution in [0.25, 0.3) is 10.9 Å². The molecule has 40 heavy (non-hydrogen) atoms. The molecule has 0 spiro atoms. The number of aliphatic carboxylic acids is 1. The zero-order valence-corrected chi connectivity index (χ0v) is 22.9. The summed E-state index contributed by atoms with van der Waals surface area (Å²) >= 11 is 0. The summed E-state index contributed by atoms with van der Waals surface area (Å²) in [6.07, 6.45) is 3.53. The number of nitrogens with two attached hydrogens (primary N) is 3. The van der Waals surface area contributed by atoms with Crippen molar-refractivity contribution in [3.63, 3.8) is 0 Å². The molecular formula is C27H40N8O5. The van der Waals surface area contributed by atoms with E-state index in [0.717, 1.165) is 16.5 Å². The van der Waals surface area contributed by atoms with Gasteiger partial charge in [0.25, 0.3) is 0 Å². The molecule has 13 heteroatoms. The van der Waals surface area contributed by atoms with E-state index in [4.69, 9.17) is 17.2 Å². The Labute approximate surface area is 232 Å². The number of carboxylic acid groups (broad SMARTS) is 1. The highest BCUT2D eigenvalue weighted by Crippen LogP contribution is 2.22. The molecule has 1 aromatic carbocycles. The number of carboxylic acids is 1. The summed E-state index contributed by atoms with van der Waals surface area (Å²) in [5, 5.41) is 15.9. The molecule has 1 saturated heterocycles. The van der Waals surface area contributed by atoms with Crippen LogP contribution >= 0.6 is 0 Å². The fourth-order valence-corrected chi connectivity index (χ4v) is 4.91. The number of carbonyl (C=O) groups is 4. The van der Waals surface area contributed by atoms with Crippen LogP contribution in [-0.4, -0.2) is 81.9 Å². The Morgan fingerprint density at radius 1 is 1.18 bits per heavy atom. The van der Waals surface area contributed by atoms with E-state index >= 15 is 0 Å². The number of hydrogen-bond acceptors (Lipinski definition) is 6. The van der Waals surface area contributed by atoms with Crippen LogP contribution in [0.5, 0.6) is 0 Å². The minimum absolute atomic E-state index is 0.0956. The average molecular weight is 557 g/mol. The number of aliphatic imine (C=N–C) groups is 1. The maximum Gasteiger partial charge on any atom is 0.326 e. The van der Waals surface area contributed by atoms with Crippen molar-refractivity contribution in [1.82, 2.24) is 20.5 Å². The van der Waals surface area contributed by atoms with Gasteiger partial charge in [-0.1, -0.05) is 32.0 Å². The van der Waals surface area contributed by atoms with E-state index in [0.29, 0.717) is 25.8 Å². The molecular weight excluding hydrogens is 516 g/mol. The van der Waals surface area contributed by atoms with E-state index in [1.165, 1.54) is 4.90 Å². The Morgan fingerprint density at radius 3 is 2.58 bits per heavy atom. The number of benzene rings is 1. The van der Waals surface area contributed by atoms with Crippen molar-refractivity contribution in [3.8, 4) is 0 Å². The van der Waals surface area contributed by atoms with Gasteiger partial charge >= 0.3 is 5.97 Å². The van der Waals surface area contributed by atoms with E-state index < -0.39 is 47.9 Å². The van der Waals surface area contributed by atoms with Crippen molar-refractivity contribution in [2.24, 2.45) is 28.1 Å². The largest absolute Gasteiger partial charge is 0.480 e. The zero-order chi connectivity index (χ0) is 29.4. The number of aromatic amines is 1. The Balaban J connectivity index is 1.63. The van der Waals surface area contributed by atoms with Crippen molar-refractivity contribution >= 4 is 40.6 Å². The number of likely N-dealkylation sites (tertiary alicyclic amines) is 1. The number of hydrogen-bond donors (Lipinski definition) is 7. The minimum atomic E-state index is -1.19. The number of guanidine groups is 1. The summed E-state index contributed by atoms with van der Waals surface area (Å²) in [6.45, 7) is 4.15. The van der Waals surface area contributed by atoms with E-state index in [1.807, 2.05) is 30.5 Å².